The number of carbonyl (C=O) groups excluding carboxylic acids is 2. The van der Waals surface area contributed by atoms with E-state index >= 15 is 0 Å². The highest BCUT2D eigenvalue weighted by molar-refractivity contribution is 6.01. The van der Waals surface area contributed by atoms with Gasteiger partial charge in [0.15, 0.2) is 0 Å². The fourth-order valence-electron chi connectivity index (χ4n) is 2.58. The Kier molecular flexibility index (Phi) is 7.01. The van der Waals surface area contributed by atoms with Crippen LogP contribution in [-0.2, 0) is 0 Å². The van der Waals surface area contributed by atoms with Gasteiger partial charge in [-0.15, -0.1) is 0 Å². The Balaban J connectivity index is 2.04. The molecule has 0 spiro atoms. The fraction of sp³-hybridized carbons (Fsp3) is 0.300. The maximum atomic E-state index is 12.7. The van der Waals surface area contributed by atoms with Gasteiger partial charge in [0.1, 0.15) is 0 Å². The van der Waals surface area contributed by atoms with Crippen molar-refractivity contribution in [2.75, 3.05) is 23.7 Å². The lowest BCUT2D eigenvalue weighted by Gasteiger charge is -2.21. The van der Waals surface area contributed by atoms with Gasteiger partial charge < -0.3 is 15.5 Å². The molecule has 0 saturated heterocycles. The molecule has 2 aromatic rings. The van der Waals surface area contributed by atoms with E-state index in [1.54, 1.807) is 24.3 Å². The van der Waals surface area contributed by atoms with Crippen molar-refractivity contribution in [1.82, 2.24) is 4.90 Å². The molecule has 5 nitrogen and oxygen atoms in total. The van der Waals surface area contributed by atoms with Crippen LogP contribution in [0, 0.1) is 0 Å². The summed E-state index contributed by atoms with van der Waals surface area (Å²) in [5, 5.41) is 5.52. The van der Waals surface area contributed by atoms with Gasteiger partial charge in [-0.2, -0.15) is 0 Å². The summed E-state index contributed by atoms with van der Waals surface area (Å²) < 4.78 is 0. The summed E-state index contributed by atoms with van der Waals surface area (Å²) in [6.07, 6.45) is 1.84. The normalized spacial score (nSPS) is 10.2. The number of carbonyl (C=O) groups is 2. The monoisotopic (exact) mass is 339 g/mol. The average molecular weight is 339 g/mol. The molecular weight excluding hydrogens is 314 g/mol. The van der Waals surface area contributed by atoms with Crippen molar-refractivity contribution in [3.05, 3.63) is 60.2 Å². The Bertz CT molecular complexity index is 695. The van der Waals surface area contributed by atoms with Crippen molar-refractivity contribution in [3.63, 3.8) is 0 Å². The molecule has 0 aliphatic carbocycles. The quantitative estimate of drug-likeness (QED) is 0.775. The molecule has 0 fully saturated rings. The molecule has 0 bridgehead atoms. The van der Waals surface area contributed by atoms with E-state index in [0.717, 1.165) is 25.9 Å². The Labute approximate surface area is 149 Å². The van der Waals surface area contributed by atoms with Gasteiger partial charge >= 0.3 is 6.03 Å². The van der Waals surface area contributed by atoms with Gasteiger partial charge in [0.2, 0.25) is 0 Å². The van der Waals surface area contributed by atoms with Gasteiger partial charge in [-0.1, -0.05) is 38.1 Å². The zero-order valence-electron chi connectivity index (χ0n) is 14.8. The van der Waals surface area contributed by atoms with Crippen LogP contribution < -0.4 is 10.6 Å². The minimum absolute atomic E-state index is 0.00387. The number of rotatable bonds is 7. The molecule has 0 aliphatic rings. The number of nitrogens with one attached hydrogen (secondary N) is 2. The van der Waals surface area contributed by atoms with Crippen LogP contribution in [-0.4, -0.2) is 29.9 Å². The summed E-state index contributed by atoms with van der Waals surface area (Å²) in [6.45, 7) is 5.58. The van der Waals surface area contributed by atoms with E-state index in [9.17, 15) is 9.59 Å². The summed E-state index contributed by atoms with van der Waals surface area (Å²) in [5.41, 5.74) is 1.89. The van der Waals surface area contributed by atoms with Crippen LogP contribution in [0.3, 0.4) is 0 Å². The number of benzene rings is 2. The molecular formula is C20H25N3O2. The van der Waals surface area contributed by atoms with Crippen molar-refractivity contribution in [2.24, 2.45) is 0 Å². The number of hydrogen-bond acceptors (Lipinski definition) is 2. The van der Waals surface area contributed by atoms with Gasteiger partial charge in [0.05, 0.1) is 0 Å². The average Bonchev–Trinajstić information content (AvgIpc) is 2.62. The second-order valence-corrected chi connectivity index (χ2v) is 5.82. The fourth-order valence-corrected chi connectivity index (χ4v) is 2.58. The van der Waals surface area contributed by atoms with Crippen molar-refractivity contribution >= 4 is 23.3 Å². The van der Waals surface area contributed by atoms with Crippen LogP contribution in [0.15, 0.2) is 54.6 Å². The minimum atomic E-state index is -0.338. The molecule has 5 heteroatoms. The zero-order valence-corrected chi connectivity index (χ0v) is 14.8. The van der Waals surface area contributed by atoms with Crippen molar-refractivity contribution < 1.29 is 9.59 Å². The lowest BCUT2D eigenvalue weighted by atomic mass is 10.1. The number of nitrogens with zero attached hydrogens (tertiary/aromatic N) is 1. The first-order valence-electron chi connectivity index (χ1n) is 8.66. The summed E-state index contributed by atoms with van der Waals surface area (Å²) in [7, 11) is 0. The van der Waals surface area contributed by atoms with E-state index in [1.807, 2.05) is 35.2 Å². The third-order valence-corrected chi connectivity index (χ3v) is 3.67. The summed E-state index contributed by atoms with van der Waals surface area (Å²) in [5.74, 6) is -0.00387. The first kappa shape index (κ1) is 18.5. The van der Waals surface area contributed by atoms with Crippen LogP contribution in [0.2, 0.25) is 0 Å². The van der Waals surface area contributed by atoms with Crippen LogP contribution in [0.25, 0.3) is 0 Å². The van der Waals surface area contributed by atoms with E-state index < -0.39 is 0 Å². The molecule has 0 aliphatic heterocycles. The van der Waals surface area contributed by atoms with Gasteiger partial charge in [0, 0.05) is 30.0 Å². The summed E-state index contributed by atoms with van der Waals surface area (Å²) in [6, 6.07) is 15.9. The number of anilines is 2. The SMILES string of the molecule is CCCN(CCC)C(=O)c1cccc(NC(=O)Nc2ccccc2)c1. The highest BCUT2D eigenvalue weighted by atomic mass is 16.2. The van der Waals surface area contributed by atoms with E-state index in [4.69, 9.17) is 0 Å². The predicted octanol–water partition coefficient (Wildman–Crippen LogP) is 4.59. The maximum absolute atomic E-state index is 12.7. The van der Waals surface area contributed by atoms with Crippen molar-refractivity contribution in [3.8, 4) is 0 Å². The maximum Gasteiger partial charge on any atom is 0.323 e. The molecule has 25 heavy (non-hydrogen) atoms. The lowest BCUT2D eigenvalue weighted by molar-refractivity contribution is 0.0755. The first-order chi connectivity index (χ1) is 12.1. The summed E-state index contributed by atoms with van der Waals surface area (Å²) >= 11 is 0. The highest BCUT2D eigenvalue weighted by Crippen LogP contribution is 2.14. The molecule has 0 atom stereocenters. The second kappa shape index (κ2) is 9.47. The molecule has 2 rings (SSSR count). The third kappa shape index (κ3) is 5.64. The topological polar surface area (TPSA) is 61.4 Å². The van der Waals surface area contributed by atoms with Crippen molar-refractivity contribution in [2.45, 2.75) is 26.7 Å². The molecule has 0 saturated carbocycles. The van der Waals surface area contributed by atoms with Crippen molar-refractivity contribution in [1.29, 1.82) is 0 Å². The van der Waals surface area contributed by atoms with Crippen LogP contribution in [0.4, 0.5) is 16.2 Å². The Hall–Kier alpha value is -2.82. The second-order valence-electron chi connectivity index (χ2n) is 5.82. The Morgan fingerprint density at radius 3 is 2.08 bits per heavy atom. The van der Waals surface area contributed by atoms with E-state index in [0.29, 0.717) is 16.9 Å². The predicted molar refractivity (Wildman–Crippen MR) is 102 cm³/mol. The smallest absolute Gasteiger partial charge is 0.323 e. The van der Waals surface area contributed by atoms with E-state index in [2.05, 4.69) is 24.5 Å². The first-order valence-corrected chi connectivity index (χ1v) is 8.66. The number of para-hydroxylation sites is 1. The number of hydrogen-bond donors (Lipinski definition) is 2. The molecule has 2 aromatic carbocycles. The Morgan fingerprint density at radius 2 is 1.44 bits per heavy atom. The number of amides is 3. The molecule has 0 radical (unpaired) electrons. The van der Waals surface area contributed by atoms with Gasteiger partial charge in [0.25, 0.3) is 5.91 Å². The van der Waals surface area contributed by atoms with Crippen LogP contribution >= 0.6 is 0 Å². The standard InChI is InChI=1S/C20H25N3O2/c1-3-13-23(14-4-2)19(24)16-9-8-12-18(15-16)22-20(25)21-17-10-6-5-7-11-17/h5-12,15H,3-4,13-14H2,1-2H3,(H2,21,22,25). The molecule has 132 valence electrons. The largest absolute Gasteiger partial charge is 0.339 e. The molecule has 0 aromatic heterocycles. The lowest BCUT2D eigenvalue weighted by Crippen LogP contribution is -2.32. The van der Waals surface area contributed by atoms with Gasteiger partial charge in [-0.05, 0) is 43.2 Å². The highest BCUT2D eigenvalue weighted by Gasteiger charge is 2.15. The van der Waals surface area contributed by atoms with E-state index in [1.165, 1.54) is 0 Å². The number of urea groups is 1. The molecule has 2 N–H and O–H groups in total. The van der Waals surface area contributed by atoms with E-state index in [-0.39, 0.29) is 11.9 Å². The summed E-state index contributed by atoms with van der Waals surface area (Å²) in [4.78, 5) is 26.6. The Morgan fingerprint density at radius 1 is 0.840 bits per heavy atom. The molecule has 3 amide bonds. The zero-order chi connectivity index (χ0) is 18.1. The third-order valence-electron chi connectivity index (χ3n) is 3.67. The van der Waals surface area contributed by atoms with Crippen LogP contribution in [0.1, 0.15) is 37.0 Å². The van der Waals surface area contributed by atoms with Gasteiger partial charge in [-0.25, -0.2) is 4.79 Å². The van der Waals surface area contributed by atoms with Crippen LogP contribution in [0.5, 0.6) is 0 Å². The van der Waals surface area contributed by atoms with Gasteiger partial charge in [-0.3, -0.25) is 4.79 Å². The minimum Gasteiger partial charge on any atom is -0.339 e. The molecule has 0 unspecified atom stereocenters. The molecule has 0 heterocycles.